The average Bonchev–Trinajstić information content (AvgIpc) is 3.42. The van der Waals surface area contributed by atoms with Crippen LogP contribution in [0.3, 0.4) is 0 Å². The number of anilines is 2. The fourth-order valence-electron chi connectivity index (χ4n) is 5.17. The predicted octanol–water partition coefficient (Wildman–Crippen LogP) is 5.58. The number of fused-ring (bicyclic) bond motifs is 1. The maximum absolute atomic E-state index is 4.52. The van der Waals surface area contributed by atoms with Gasteiger partial charge in [0.25, 0.3) is 12.0 Å². The third-order valence-electron chi connectivity index (χ3n) is 7.40. The van der Waals surface area contributed by atoms with E-state index in [2.05, 4.69) is 147 Å². The van der Waals surface area contributed by atoms with Crippen molar-refractivity contribution in [3.8, 4) is 27.9 Å². The van der Waals surface area contributed by atoms with Gasteiger partial charge in [0, 0.05) is 18.1 Å². The Morgan fingerprint density at radius 2 is 1.25 bits per heavy atom. The summed E-state index contributed by atoms with van der Waals surface area (Å²) in [6.07, 6.45) is 6.69. The Balaban J connectivity index is 0.000000171. The van der Waals surface area contributed by atoms with E-state index in [4.69, 9.17) is 0 Å². The zero-order valence-electron chi connectivity index (χ0n) is 24.8. The Bertz CT molecular complexity index is 1950. The van der Waals surface area contributed by atoms with Crippen LogP contribution in [0.4, 0.5) is 11.5 Å². The molecule has 5 nitrogen and oxygen atoms in total. The number of nitrogens with zero attached hydrogens (tertiary/aromatic N) is 4. The number of aryl methyl sites for hydroxylation is 2. The molecule has 0 aliphatic rings. The van der Waals surface area contributed by atoms with Gasteiger partial charge in [0.2, 0.25) is 0 Å². The molecule has 0 saturated heterocycles. The molecule has 7 aromatic rings. The van der Waals surface area contributed by atoms with Crippen molar-refractivity contribution in [2.24, 2.45) is 7.05 Å². The molecule has 0 unspecified atom stereocenters. The van der Waals surface area contributed by atoms with Crippen LogP contribution >= 0.6 is 0 Å². The molecule has 3 aromatic heterocycles. The van der Waals surface area contributed by atoms with Crippen molar-refractivity contribution in [2.45, 2.75) is 13.3 Å². The van der Waals surface area contributed by atoms with Crippen LogP contribution in [-0.4, -0.2) is 14.5 Å². The molecule has 0 aliphatic carbocycles. The van der Waals surface area contributed by atoms with Gasteiger partial charge in [0.15, 0.2) is 5.52 Å². The van der Waals surface area contributed by atoms with Gasteiger partial charge in [0.05, 0.1) is 7.05 Å². The van der Waals surface area contributed by atoms with E-state index in [0.29, 0.717) is 0 Å². The summed E-state index contributed by atoms with van der Waals surface area (Å²) < 4.78 is 4.22. The number of nitrogens with one attached hydrogen (secondary N) is 1. The first kappa shape index (κ1) is 30.2. The summed E-state index contributed by atoms with van der Waals surface area (Å²) >= 11 is 0. The van der Waals surface area contributed by atoms with E-state index in [-0.39, 0.29) is 12.4 Å². The van der Waals surface area contributed by atoms with Gasteiger partial charge in [-0.05, 0) is 76.7 Å². The molecule has 0 bridgehead atoms. The van der Waals surface area contributed by atoms with E-state index in [0.717, 1.165) is 34.8 Å². The summed E-state index contributed by atoms with van der Waals surface area (Å²) in [6, 6.07) is 45.9. The van der Waals surface area contributed by atoms with Crippen molar-refractivity contribution in [3.63, 3.8) is 0 Å². The molecule has 0 saturated carbocycles. The second-order valence-electron chi connectivity index (χ2n) is 10.3. The first-order valence-electron chi connectivity index (χ1n) is 14.5. The largest absolute Gasteiger partial charge is 1.00 e. The second-order valence-corrected chi connectivity index (χ2v) is 10.3. The summed E-state index contributed by atoms with van der Waals surface area (Å²) in [7, 11) is 2.04. The second kappa shape index (κ2) is 14.3. The predicted molar refractivity (Wildman–Crippen MR) is 176 cm³/mol. The monoisotopic (exact) mass is 595 g/mol. The molecule has 7 rings (SSSR count). The Morgan fingerprint density at radius 3 is 1.95 bits per heavy atom. The van der Waals surface area contributed by atoms with Crippen LogP contribution in [0.15, 0.2) is 152 Å². The average molecular weight is 596 g/mol. The number of benzene rings is 4. The van der Waals surface area contributed by atoms with E-state index >= 15 is 0 Å². The molecule has 218 valence electrons. The quantitative estimate of drug-likeness (QED) is 0.256. The Hall–Kier alpha value is -5.26. The minimum Gasteiger partial charge on any atom is -1.00 e. The molecule has 6 heteroatoms. The molecule has 1 N–H and O–H groups in total. The molecular weight excluding hydrogens is 562 g/mol. The molecular formula is C38H34ClN5. The normalized spacial score (nSPS) is 10.4. The highest BCUT2D eigenvalue weighted by Gasteiger charge is 2.16. The maximum Gasteiger partial charge on any atom is 0.273 e. The van der Waals surface area contributed by atoms with Crippen molar-refractivity contribution in [2.75, 3.05) is 5.32 Å². The third-order valence-corrected chi connectivity index (χ3v) is 7.40. The molecule has 0 fully saturated rings. The van der Waals surface area contributed by atoms with Crippen LogP contribution in [0.2, 0.25) is 0 Å². The summed E-state index contributed by atoms with van der Waals surface area (Å²) in [4.78, 5) is 8.96. The van der Waals surface area contributed by atoms with Gasteiger partial charge >= 0.3 is 0 Å². The Labute approximate surface area is 264 Å². The number of pyridine rings is 2. The SMILES string of the molecule is CCc1cccnc1Nc1cccc(-c2ccccc2)c1.C[n+]1cn(-c2cccc(-c3ccccc3)c2)c2ncccc21.[Cl-]. The fraction of sp³-hybridized carbons (Fsp3) is 0.0789. The molecule has 44 heavy (non-hydrogen) atoms. The maximum atomic E-state index is 4.52. The van der Waals surface area contributed by atoms with Crippen molar-refractivity contribution in [1.82, 2.24) is 14.5 Å². The zero-order chi connectivity index (χ0) is 29.4. The lowest BCUT2D eigenvalue weighted by molar-refractivity contribution is -0.645. The van der Waals surface area contributed by atoms with E-state index < -0.39 is 0 Å². The number of hydrogen-bond donors (Lipinski definition) is 1. The number of aromatic nitrogens is 4. The highest BCUT2D eigenvalue weighted by atomic mass is 35.5. The topological polar surface area (TPSA) is 46.6 Å². The first-order chi connectivity index (χ1) is 21.2. The Kier molecular flexibility index (Phi) is 9.80. The van der Waals surface area contributed by atoms with Crippen molar-refractivity contribution < 1.29 is 17.0 Å². The minimum atomic E-state index is 0. The van der Waals surface area contributed by atoms with E-state index in [1.165, 1.54) is 27.8 Å². The number of hydrogen-bond acceptors (Lipinski definition) is 3. The van der Waals surface area contributed by atoms with Gasteiger partial charge < -0.3 is 17.7 Å². The molecule has 0 radical (unpaired) electrons. The van der Waals surface area contributed by atoms with E-state index in [1.54, 1.807) is 0 Å². The van der Waals surface area contributed by atoms with Gasteiger partial charge in [-0.1, -0.05) is 97.9 Å². The van der Waals surface area contributed by atoms with Crippen LogP contribution in [0.1, 0.15) is 12.5 Å². The van der Waals surface area contributed by atoms with Gasteiger partial charge in [-0.15, -0.1) is 0 Å². The molecule has 0 atom stereocenters. The first-order valence-corrected chi connectivity index (χ1v) is 14.5. The smallest absolute Gasteiger partial charge is 0.273 e. The highest BCUT2D eigenvalue weighted by molar-refractivity contribution is 5.72. The van der Waals surface area contributed by atoms with Gasteiger partial charge in [0.1, 0.15) is 11.5 Å². The lowest BCUT2D eigenvalue weighted by Gasteiger charge is -2.11. The van der Waals surface area contributed by atoms with Crippen LogP contribution in [0, 0.1) is 0 Å². The number of rotatable bonds is 6. The summed E-state index contributed by atoms with van der Waals surface area (Å²) in [5, 5.41) is 3.42. The zero-order valence-corrected chi connectivity index (χ0v) is 25.6. The number of halogens is 1. The van der Waals surface area contributed by atoms with Crippen molar-refractivity contribution in [1.29, 1.82) is 0 Å². The third kappa shape index (κ3) is 6.86. The van der Waals surface area contributed by atoms with E-state index in [1.807, 2.05) is 43.7 Å². The van der Waals surface area contributed by atoms with Crippen LogP contribution in [0.5, 0.6) is 0 Å². The molecule has 3 heterocycles. The Morgan fingerprint density at radius 1 is 0.636 bits per heavy atom. The molecule has 0 amide bonds. The van der Waals surface area contributed by atoms with Crippen molar-refractivity contribution in [3.05, 3.63) is 158 Å². The van der Waals surface area contributed by atoms with E-state index in [9.17, 15) is 0 Å². The van der Waals surface area contributed by atoms with Crippen molar-refractivity contribution >= 4 is 22.7 Å². The van der Waals surface area contributed by atoms with Gasteiger partial charge in [-0.3, -0.25) is 0 Å². The highest BCUT2D eigenvalue weighted by Crippen LogP contribution is 2.26. The summed E-state index contributed by atoms with van der Waals surface area (Å²) in [6.45, 7) is 2.14. The van der Waals surface area contributed by atoms with Crippen LogP contribution < -0.4 is 22.3 Å². The lowest BCUT2D eigenvalue weighted by Crippen LogP contribution is -3.00. The molecule has 0 spiro atoms. The molecule has 4 aromatic carbocycles. The van der Waals surface area contributed by atoms with Gasteiger partial charge in [-0.2, -0.15) is 4.57 Å². The standard InChI is InChI=1S/C19H16N3.C19H18N2.ClH/c1-21-14-22(19-18(21)11-6-12-20-19)17-10-5-9-16(13-17)15-7-3-2-4-8-15;1-2-15-11-7-13-20-19(15)21-18-12-6-10-17(14-18)16-8-4-3-5-9-16;/h2-14H,1H3;3-14H,2H2,1H3,(H,20,21);1H/q+1;;/p-1. The summed E-state index contributed by atoms with van der Waals surface area (Å²) in [5.74, 6) is 0.935. The fourth-order valence-corrected chi connectivity index (χ4v) is 5.17. The van der Waals surface area contributed by atoms with Gasteiger partial charge in [-0.25, -0.2) is 14.5 Å². The minimum absolute atomic E-state index is 0. The summed E-state index contributed by atoms with van der Waals surface area (Å²) in [5.41, 5.74) is 10.3. The molecule has 0 aliphatic heterocycles. The van der Waals surface area contributed by atoms with Crippen LogP contribution in [0.25, 0.3) is 39.1 Å². The number of imidazole rings is 1. The van der Waals surface area contributed by atoms with Crippen LogP contribution in [-0.2, 0) is 13.5 Å². The lowest BCUT2D eigenvalue weighted by atomic mass is 10.1.